The average molecular weight is 1410 g/mol. The predicted molar refractivity (Wildman–Crippen MR) is 391 cm³/mol. The van der Waals surface area contributed by atoms with Crippen molar-refractivity contribution < 1.29 is 80.2 Å². The molecule has 3 N–H and O–H groups in total. The number of ether oxygens (including phenoxy) is 4. The lowest BCUT2D eigenvalue weighted by atomic mass is 10.00. The highest BCUT2D eigenvalue weighted by Crippen LogP contribution is 2.45. The highest BCUT2D eigenvalue weighted by Gasteiger charge is 2.30. The molecule has 6 atom stereocenters. The van der Waals surface area contributed by atoms with Gasteiger partial charge in [0.05, 0.1) is 26.4 Å². The number of phosphoric ester groups is 2. The normalized spacial score (nSPS) is 14.4. The van der Waals surface area contributed by atoms with E-state index in [4.69, 9.17) is 37.0 Å². The Morgan fingerprint density at radius 3 is 0.740 bits per heavy atom. The molecule has 4 unspecified atom stereocenters. The predicted octanol–water partition coefficient (Wildman–Crippen LogP) is 22.4. The zero-order valence-electron chi connectivity index (χ0n) is 63.0. The van der Waals surface area contributed by atoms with Crippen LogP contribution in [-0.2, 0) is 65.4 Å². The maximum Gasteiger partial charge on any atom is 0.472 e. The fourth-order valence-corrected chi connectivity index (χ4v) is 13.3. The van der Waals surface area contributed by atoms with Crippen molar-refractivity contribution in [2.45, 2.75) is 408 Å². The number of phosphoric acid groups is 2. The van der Waals surface area contributed by atoms with Crippen LogP contribution in [0.25, 0.3) is 0 Å². The highest BCUT2D eigenvalue weighted by atomic mass is 31.2. The molecule has 19 heteroatoms. The Labute approximate surface area is 588 Å². The second kappa shape index (κ2) is 66.3. The van der Waals surface area contributed by atoms with Gasteiger partial charge in [-0.25, -0.2) is 9.13 Å². The number of hydrogen-bond donors (Lipinski definition) is 3. The number of unbranched alkanes of at least 4 members (excludes halogenated alkanes) is 39. The van der Waals surface area contributed by atoms with Crippen molar-refractivity contribution in [1.29, 1.82) is 0 Å². The summed E-state index contributed by atoms with van der Waals surface area (Å²) in [6.45, 7) is 14.2. The molecule has 0 saturated carbocycles. The Hall–Kier alpha value is -1.94. The number of aliphatic hydroxyl groups is 1. The molecule has 0 bridgehead atoms. The largest absolute Gasteiger partial charge is 0.472 e. The fourth-order valence-electron chi connectivity index (χ4n) is 11.7. The van der Waals surface area contributed by atoms with Gasteiger partial charge in [-0.05, 0) is 49.4 Å². The molecule has 17 nitrogen and oxygen atoms in total. The quantitative estimate of drug-likeness (QED) is 0.0222. The molecule has 0 rings (SSSR count). The number of esters is 4. The first-order chi connectivity index (χ1) is 46.1. The summed E-state index contributed by atoms with van der Waals surface area (Å²) < 4.78 is 68.5. The maximum absolute atomic E-state index is 13.1. The topological polar surface area (TPSA) is 237 Å². The van der Waals surface area contributed by atoms with Gasteiger partial charge in [-0.15, -0.1) is 0 Å². The average Bonchev–Trinajstić information content (AvgIpc) is 3.70. The molecule has 0 aromatic carbocycles. The summed E-state index contributed by atoms with van der Waals surface area (Å²) >= 11 is 0. The van der Waals surface area contributed by atoms with Crippen LogP contribution in [-0.4, -0.2) is 96.7 Å². The van der Waals surface area contributed by atoms with E-state index in [1.807, 2.05) is 0 Å². The molecule has 0 saturated heterocycles. The first kappa shape index (κ1) is 94.1. The van der Waals surface area contributed by atoms with E-state index in [9.17, 15) is 43.2 Å². The van der Waals surface area contributed by atoms with Crippen LogP contribution in [0.4, 0.5) is 0 Å². The van der Waals surface area contributed by atoms with Gasteiger partial charge in [0.25, 0.3) is 0 Å². The number of carbonyl (C=O) groups excluding carboxylic acids is 4. The van der Waals surface area contributed by atoms with Gasteiger partial charge in [-0.1, -0.05) is 338 Å². The van der Waals surface area contributed by atoms with E-state index in [-0.39, 0.29) is 25.7 Å². The summed E-state index contributed by atoms with van der Waals surface area (Å²) in [5.74, 6) is 0.910. The van der Waals surface area contributed by atoms with Crippen molar-refractivity contribution in [2.75, 3.05) is 39.6 Å². The summed E-state index contributed by atoms with van der Waals surface area (Å²) in [4.78, 5) is 72.8. The van der Waals surface area contributed by atoms with Crippen LogP contribution >= 0.6 is 15.6 Å². The Morgan fingerprint density at radius 2 is 0.500 bits per heavy atom. The van der Waals surface area contributed by atoms with Gasteiger partial charge in [0.15, 0.2) is 12.2 Å². The second-order valence-electron chi connectivity index (χ2n) is 29.4. The number of rotatable bonds is 74. The van der Waals surface area contributed by atoms with E-state index in [0.29, 0.717) is 31.6 Å². The number of carbonyl (C=O) groups is 4. The summed E-state index contributed by atoms with van der Waals surface area (Å²) in [6, 6.07) is 0. The van der Waals surface area contributed by atoms with Gasteiger partial charge in [-0.3, -0.25) is 37.3 Å². The van der Waals surface area contributed by atoms with E-state index in [0.717, 1.165) is 120 Å². The molecule has 96 heavy (non-hydrogen) atoms. The molecule has 0 aromatic rings. The van der Waals surface area contributed by atoms with Gasteiger partial charge in [0.1, 0.15) is 19.3 Å². The van der Waals surface area contributed by atoms with Crippen molar-refractivity contribution in [3.05, 3.63) is 0 Å². The molecule has 0 spiro atoms. The molecule has 0 fully saturated rings. The minimum atomic E-state index is -4.96. The van der Waals surface area contributed by atoms with E-state index in [2.05, 4.69) is 55.4 Å². The zero-order valence-corrected chi connectivity index (χ0v) is 64.8. The highest BCUT2D eigenvalue weighted by molar-refractivity contribution is 7.47. The van der Waals surface area contributed by atoms with Crippen LogP contribution in [0.15, 0.2) is 0 Å². The van der Waals surface area contributed by atoms with Gasteiger partial charge in [0.2, 0.25) is 0 Å². The number of aliphatic hydroxyl groups excluding tert-OH is 1. The zero-order chi connectivity index (χ0) is 71.0. The molecule has 0 heterocycles. The molecular weight excluding hydrogens is 1260 g/mol. The van der Waals surface area contributed by atoms with Crippen LogP contribution in [0.5, 0.6) is 0 Å². The van der Waals surface area contributed by atoms with Gasteiger partial charge >= 0.3 is 39.5 Å². The van der Waals surface area contributed by atoms with Crippen LogP contribution in [0.2, 0.25) is 0 Å². The van der Waals surface area contributed by atoms with E-state index in [1.165, 1.54) is 180 Å². The lowest BCUT2D eigenvalue weighted by molar-refractivity contribution is -0.161. The summed E-state index contributed by atoms with van der Waals surface area (Å²) in [5, 5.41) is 10.6. The van der Waals surface area contributed by atoms with E-state index >= 15 is 0 Å². The molecule has 0 aliphatic heterocycles. The Kier molecular flexibility index (Phi) is 65.0. The van der Waals surface area contributed by atoms with E-state index in [1.54, 1.807) is 0 Å². The first-order valence-electron chi connectivity index (χ1n) is 39.7. The molecule has 0 aromatic heterocycles. The minimum absolute atomic E-state index is 0.106. The van der Waals surface area contributed by atoms with Crippen molar-refractivity contribution in [3.63, 3.8) is 0 Å². The molecule has 570 valence electrons. The van der Waals surface area contributed by atoms with Gasteiger partial charge in [0, 0.05) is 25.7 Å². The standard InChI is InChI=1S/C77H150O17P2/c1-9-70(8)56-48-40-35-36-42-50-58-75(80)88-64-73(94-77(82)59-51-43-32-26-22-17-15-13-11-10-12-14-16-20-24-29-37-45-53-67(2)3)66-92-96(85,86)90-62-71(78)61-89-95(83,84)91-65-72(63-87-74(79)57-49-41-34-28-31-39-47-55-69(6)7)93-76(81)60-52-44-33-27-23-19-18-21-25-30-38-46-54-68(4)5/h67-73,78H,9-66H2,1-8H3,(H,83,84)(H,85,86)/t70?,71?,72-,73-/m1/s1. The smallest absolute Gasteiger partial charge is 0.462 e. The lowest BCUT2D eigenvalue weighted by Crippen LogP contribution is -2.30. The summed E-state index contributed by atoms with van der Waals surface area (Å²) in [6.07, 6.45) is 51.6. The summed E-state index contributed by atoms with van der Waals surface area (Å²) in [7, 11) is -9.91. The van der Waals surface area contributed by atoms with E-state index < -0.39 is 97.5 Å². The third-order valence-electron chi connectivity index (χ3n) is 18.2. The van der Waals surface area contributed by atoms with Crippen LogP contribution in [0.1, 0.15) is 389 Å². The minimum Gasteiger partial charge on any atom is -0.462 e. The third kappa shape index (κ3) is 69.2. The second-order valence-corrected chi connectivity index (χ2v) is 32.3. The molecule has 0 aliphatic carbocycles. The third-order valence-corrected chi connectivity index (χ3v) is 20.1. The Bertz CT molecular complexity index is 1890. The van der Waals surface area contributed by atoms with Gasteiger partial charge in [-0.2, -0.15) is 0 Å². The SMILES string of the molecule is CCC(C)CCCCCCCCC(=O)OC[C@H](COP(=O)(O)OCC(O)COP(=O)(O)OC[C@@H](COC(=O)CCCCCCCCCC(C)C)OC(=O)CCCCCCCCCCCCCCC(C)C)OC(=O)CCCCCCCCCCCCCCCCCCCCC(C)C. The fraction of sp³-hybridized carbons (Fsp3) is 0.948. The molecular formula is C77H150O17P2. The van der Waals surface area contributed by atoms with Crippen molar-refractivity contribution in [3.8, 4) is 0 Å². The molecule has 0 amide bonds. The summed E-state index contributed by atoms with van der Waals surface area (Å²) in [5.41, 5.74) is 0. The van der Waals surface area contributed by atoms with Crippen molar-refractivity contribution >= 4 is 39.5 Å². The Morgan fingerprint density at radius 1 is 0.292 bits per heavy atom. The first-order valence-corrected chi connectivity index (χ1v) is 42.7. The molecule has 0 aliphatic rings. The van der Waals surface area contributed by atoms with Gasteiger partial charge < -0.3 is 33.8 Å². The van der Waals surface area contributed by atoms with Crippen LogP contribution < -0.4 is 0 Å². The van der Waals surface area contributed by atoms with Crippen molar-refractivity contribution in [2.24, 2.45) is 23.7 Å². The van der Waals surface area contributed by atoms with Crippen LogP contribution in [0, 0.1) is 23.7 Å². The monoisotopic (exact) mass is 1410 g/mol. The molecule has 0 radical (unpaired) electrons. The number of hydrogen-bond acceptors (Lipinski definition) is 15. The van der Waals surface area contributed by atoms with Crippen molar-refractivity contribution in [1.82, 2.24) is 0 Å². The lowest BCUT2D eigenvalue weighted by Gasteiger charge is -2.21. The maximum atomic E-state index is 13.1. The van der Waals surface area contributed by atoms with Crippen LogP contribution in [0.3, 0.4) is 0 Å². The Balaban J connectivity index is 5.18.